The topological polar surface area (TPSA) is 30.3 Å². The van der Waals surface area contributed by atoms with Gasteiger partial charge in [-0.1, -0.05) is 18.2 Å². The first-order valence-corrected chi connectivity index (χ1v) is 7.68. The van der Waals surface area contributed by atoms with Crippen molar-refractivity contribution in [2.24, 2.45) is 5.92 Å². The van der Waals surface area contributed by atoms with Crippen LogP contribution < -0.4 is 4.74 Å². The van der Waals surface area contributed by atoms with E-state index in [-0.39, 0.29) is 0 Å². The fourth-order valence-electron chi connectivity index (χ4n) is 2.96. The predicted molar refractivity (Wildman–Crippen MR) is 83.5 cm³/mol. The molecule has 2 heterocycles. The van der Waals surface area contributed by atoms with Crippen LogP contribution in [0.1, 0.15) is 12.0 Å². The Balaban J connectivity index is 1.52. The number of hydrogen-bond acceptors (Lipinski definition) is 3. The first-order chi connectivity index (χ1) is 10.3. The van der Waals surface area contributed by atoms with Crippen LogP contribution in [0.15, 0.2) is 42.7 Å². The molecule has 4 heteroatoms. The minimum Gasteiger partial charge on any atom is -0.493 e. The van der Waals surface area contributed by atoms with Crippen molar-refractivity contribution in [1.29, 1.82) is 0 Å². The van der Waals surface area contributed by atoms with Gasteiger partial charge >= 0.3 is 0 Å². The van der Waals surface area contributed by atoms with Crippen molar-refractivity contribution in [3.63, 3.8) is 0 Å². The van der Waals surface area contributed by atoms with Crippen LogP contribution in [-0.2, 0) is 13.0 Å². The third kappa shape index (κ3) is 3.85. The van der Waals surface area contributed by atoms with E-state index in [2.05, 4.69) is 41.3 Å². The molecular formula is C17H23N3O. The van der Waals surface area contributed by atoms with E-state index < -0.39 is 0 Å². The molecule has 0 unspecified atom stereocenters. The number of nitrogens with zero attached hydrogens (tertiary/aromatic N) is 3. The van der Waals surface area contributed by atoms with Gasteiger partial charge in [-0.3, -0.25) is 4.68 Å². The number of benzene rings is 1. The molecule has 0 spiro atoms. The van der Waals surface area contributed by atoms with Crippen LogP contribution in [0.3, 0.4) is 0 Å². The highest BCUT2D eigenvalue weighted by Gasteiger charge is 2.18. The largest absolute Gasteiger partial charge is 0.493 e. The van der Waals surface area contributed by atoms with E-state index in [1.807, 2.05) is 23.1 Å². The molecule has 0 N–H and O–H groups in total. The van der Waals surface area contributed by atoms with Crippen LogP contribution in [0.4, 0.5) is 0 Å². The average molecular weight is 285 g/mol. The van der Waals surface area contributed by atoms with E-state index in [4.69, 9.17) is 4.74 Å². The Morgan fingerprint density at radius 3 is 3.10 bits per heavy atom. The maximum Gasteiger partial charge on any atom is 0.122 e. The van der Waals surface area contributed by atoms with Crippen molar-refractivity contribution in [2.75, 3.05) is 26.7 Å². The second kappa shape index (κ2) is 6.76. The van der Waals surface area contributed by atoms with Crippen molar-refractivity contribution in [3.8, 4) is 5.75 Å². The summed E-state index contributed by atoms with van der Waals surface area (Å²) in [7, 11) is 2.20. The zero-order chi connectivity index (χ0) is 14.5. The van der Waals surface area contributed by atoms with Crippen molar-refractivity contribution in [2.45, 2.75) is 19.4 Å². The Bertz CT molecular complexity index is 553. The van der Waals surface area contributed by atoms with Gasteiger partial charge in [-0.15, -0.1) is 0 Å². The maximum absolute atomic E-state index is 5.85. The van der Waals surface area contributed by atoms with Crippen molar-refractivity contribution < 1.29 is 4.74 Å². The van der Waals surface area contributed by atoms with Gasteiger partial charge in [-0.25, -0.2) is 0 Å². The molecule has 0 amide bonds. The van der Waals surface area contributed by atoms with Crippen LogP contribution in [0.25, 0.3) is 0 Å². The first kappa shape index (κ1) is 14.1. The van der Waals surface area contributed by atoms with Crippen molar-refractivity contribution >= 4 is 0 Å². The summed E-state index contributed by atoms with van der Waals surface area (Å²) in [5.74, 6) is 1.73. The van der Waals surface area contributed by atoms with Gasteiger partial charge in [-0.05, 0) is 43.5 Å². The normalized spacial score (nSPS) is 18.1. The molecule has 3 rings (SSSR count). The Morgan fingerprint density at radius 1 is 1.33 bits per heavy atom. The lowest BCUT2D eigenvalue weighted by molar-refractivity contribution is 0.232. The van der Waals surface area contributed by atoms with Gasteiger partial charge < -0.3 is 9.64 Å². The van der Waals surface area contributed by atoms with Gasteiger partial charge in [0.2, 0.25) is 0 Å². The van der Waals surface area contributed by atoms with Crippen molar-refractivity contribution in [1.82, 2.24) is 14.7 Å². The third-order valence-corrected chi connectivity index (χ3v) is 4.10. The van der Waals surface area contributed by atoms with Crippen molar-refractivity contribution in [3.05, 3.63) is 48.3 Å². The molecule has 0 saturated carbocycles. The Morgan fingerprint density at radius 2 is 2.24 bits per heavy atom. The molecule has 1 aromatic carbocycles. The summed E-state index contributed by atoms with van der Waals surface area (Å²) in [5, 5.41) is 4.25. The smallest absolute Gasteiger partial charge is 0.122 e. The van der Waals surface area contributed by atoms with Gasteiger partial charge in [0.05, 0.1) is 13.2 Å². The molecular weight excluding hydrogens is 262 g/mol. The van der Waals surface area contributed by atoms with E-state index in [1.165, 1.54) is 5.56 Å². The number of ether oxygens (including phenoxy) is 1. The molecule has 1 aliphatic rings. The third-order valence-electron chi connectivity index (χ3n) is 4.10. The fourth-order valence-corrected chi connectivity index (χ4v) is 2.96. The summed E-state index contributed by atoms with van der Waals surface area (Å²) in [6.45, 7) is 3.91. The maximum atomic E-state index is 5.85. The Hall–Kier alpha value is -1.81. The highest BCUT2D eigenvalue weighted by Crippen LogP contribution is 2.26. The second-order valence-electron chi connectivity index (χ2n) is 5.85. The Labute approximate surface area is 126 Å². The van der Waals surface area contributed by atoms with E-state index in [0.717, 1.165) is 44.8 Å². The quantitative estimate of drug-likeness (QED) is 0.845. The monoisotopic (exact) mass is 285 g/mol. The summed E-state index contributed by atoms with van der Waals surface area (Å²) < 4.78 is 7.83. The summed E-state index contributed by atoms with van der Waals surface area (Å²) in [6, 6.07) is 10.4. The van der Waals surface area contributed by atoms with Gasteiger partial charge in [0.15, 0.2) is 0 Å². The lowest BCUT2D eigenvalue weighted by atomic mass is 9.96. The van der Waals surface area contributed by atoms with Gasteiger partial charge in [0.25, 0.3) is 0 Å². The van der Waals surface area contributed by atoms with Crippen LogP contribution in [-0.4, -0.2) is 41.4 Å². The van der Waals surface area contributed by atoms with E-state index >= 15 is 0 Å². The first-order valence-electron chi connectivity index (χ1n) is 7.68. The molecule has 0 saturated heterocycles. The number of aromatic nitrogens is 2. The van der Waals surface area contributed by atoms with E-state index in [0.29, 0.717) is 5.92 Å². The number of likely N-dealkylation sites (N-methyl/N-ethyl adjacent to an activating group) is 1. The summed E-state index contributed by atoms with van der Waals surface area (Å²) in [6.07, 6.45) is 6.09. The molecule has 4 nitrogen and oxygen atoms in total. The van der Waals surface area contributed by atoms with E-state index in [9.17, 15) is 0 Å². The molecule has 0 radical (unpaired) electrons. The molecule has 112 valence electrons. The molecule has 21 heavy (non-hydrogen) atoms. The second-order valence-corrected chi connectivity index (χ2v) is 5.85. The molecule has 1 aromatic heterocycles. The zero-order valence-corrected chi connectivity index (χ0v) is 12.6. The molecule has 2 aromatic rings. The highest BCUT2D eigenvalue weighted by atomic mass is 16.5. The predicted octanol–water partition coefficient (Wildman–Crippen LogP) is 2.46. The van der Waals surface area contributed by atoms with Gasteiger partial charge in [-0.2, -0.15) is 5.10 Å². The standard InChI is InChI=1S/C17H23N3O/c1-19(10-11-20-9-4-8-18-20)14-15-7-12-21-17-6-3-2-5-16(17)13-15/h2-6,8-9,15H,7,10-14H2,1H3/t15-/m0/s1. The number of para-hydroxylation sites is 1. The summed E-state index contributed by atoms with van der Waals surface area (Å²) in [4.78, 5) is 2.40. The minimum absolute atomic E-state index is 0.663. The summed E-state index contributed by atoms with van der Waals surface area (Å²) in [5.41, 5.74) is 1.35. The molecule has 1 aliphatic heterocycles. The van der Waals surface area contributed by atoms with Crippen LogP contribution >= 0.6 is 0 Å². The number of fused-ring (bicyclic) bond motifs is 1. The fraction of sp³-hybridized carbons (Fsp3) is 0.471. The molecule has 0 fully saturated rings. The van der Waals surface area contributed by atoms with E-state index in [1.54, 1.807) is 0 Å². The molecule has 1 atom stereocenters. The van der Waals surface area contributed by atoms with Crippen LogP contribution in [0, 0.1) is 5.92 Å². The van der Waals surface area contributed by atoms with Crippen LogP contribution in [0.5, 0.6) is 5.75 Å². The molecule has 0 aliphatic carbocycles. The van der Waals surface area contributed by atoms with Crippen LogP contribution in [0.2, 0.25) is 0 Å². The highest BCUT2D eigenvalue weighted by molar-refractivity contribution is 5.34. The number of hydrogen-bond donors (Lipinski definition) is 0. The lowest BCUT2D eigenvalue weighted by Gasteiger charge is -2.22. The molecule has 0 bridgehead atoms. The lowest BCUT2D eigenvalue weighted by Crippen LogP contribution is -2.30. The number of rotatable bonds is 5. The summed E-state index contributed by atoms with van der Waals surface area (Å²) >= 11 is 0. The van der Waals surface area contributed by atoms with Gasteiger partial charge in [0, 0.05) is 25.5 Å². The van der Waals surface area contributed by atoms with Gasteiger partial charge in [0.1, 0.15) is 5.75 Å². The Kier molecular flexibility index (Phi) is 4.55. The average Bonchev–Trinajstić information content (AvgIpc) is 2.92. The zero-order valence-electron chi connectivity index (χ0n) is 12.6. The minimum atomic E-state index is 0.663. The SMILES string of the molecule is CN(CCn1cccn1)C[C@H]1CCOc2ccccc2C1.